The molecule has 0 aliphatic carbocycles. The maximum Gasteiger partial charge on any atom is 0.261 e. The molecule has 2 rings (SSSR count). The molecule has 20 heavy (non-hydrogen) atoms. The van der Waals surface area contributed by atoms with Gasteiger partial charge in [0.05, 0.1) is 12.0 Å². The average molecular weight is 292 g/mol. The lowest BCUT2D eigenvalue weighted by Crippen LogP contribution is -2.13. The minimum Gasteiger partial charge on any atom is -0.496 e. The number of ether oxygens (including phenoxy) is 1. The maximum atomic E-state index is 12.3. The highest BCUT2D eigenvalue weighted by Gasteiger charge is 2.16. The summed E-state index contributed by atoms with van der Waals surface area (Å²) in [6, 6.07) is 13.3. The van der Waals surface area contributed by atoms with Crippen molar-refractivity contribution >= 4 is 15.7 Å². The molecular weight excluding hydrogens is 276 g/mol. The van der Waals surface area contributed by atoms with Gasteiger partial charge in [-0.3, -0.25) is 4.72 Å². The third kappa shape index (κ3) is 3.09. The number of sulfonamides is 1. The molecule has 0 radical (unpaired) electrons. The second-order valence-corrected chi connectivity index (χ2v) is 5.83. The summed E-state index contributed by atoms with van der Waals surface area (Å²) in [5, 5.41) is 0. The number of benzene rings is 2. The molecule has 0 aliphatic heterocycles. The van der Waals surface area contributed by atoms with Crippen LogP contribution >= 0.6 is 0 Å². The van der Waals surface area contributed by atoms with E-state index in [2.05, 4.69) is 4.72 Å². The first kappa shape index (κ1) is 14.4. The van der Waals surface area contributed by atoms with Crippen LogP contribution in [0.4, 0.5) is 5.69 Å². The molecule has 0 heterocycles. The van der Waals surface area contributed by atoms with Gasteiger partial charge in [-0.2, -0.15) is 0 Å². The number of nitrogens with one attached hydrogen (secondary N) is 1. The van der Waals surface area contributed by atoms with Crippen LogP contribution in [-0.2, 0) is 16.6 Å². The molecule has 0 aliphatic rings. The minimum atomic E-state index is -3.63. The van der Waals surface area contributed by atoms with Crippen LogP contribution in [0.2, 0.25) is 0 Å². The number of anilines is 1. The van der Waals surface area contributed by atoms with Crippen LogP contribution in [0.3, 0.4) is 0 Å². The lowest BCUT2D eigenvalue weighted by molar-refractivity contribution is 0.409. The number of nitrogens with two attached hydrogens (primary N) is 1. The topological polar surface area (TPSA) is 81.4 Å². The molecule has 0 fully saturated rings. The first-order chi connectivity index (χ1) is 9.56. The Labute approximate surface area is 118 Å². The van der Waals surface area contributed by atoms with Crippen molar-refractivity contribution in [2.75, 3.05) is 11.8 Å². The SMILES string of the molecule is COc1ccc(S(=O)(=O)Nc2ccccc2)cc1CN. The minimum absolute atomic E-state index is 0.155. The Hall–Kier alpha value is -2.05. The van der Waals surface area contributed by atoms with Crippen molar-refractivity contribution in [2.45, 2.75) is 11.4 Å². The Morgan fingerprint density at radius 1 is 1.15 bits per heavy atom. The molecule has 0 unspecified atom stereocenters. The predicted octanol–water partition coefficient (Wildman–Crippen LogP) is 1.95. The number of para-hydroxylation sites is 1. The standard InChI is InChI=1S/C14H16N2O3S/c1-19-14-8-7-13(9-11(14)10-15)20(17,18)16-12-5-3-2-4-6-12/h2-9,16H,10,15H2,1H3. The predicted molar refractivity (Wildman–Crippen MR) is 78.1 cm³/mol. The Balaban J connectivity index is 2.35. The Morgan fingerprint density at radius 2 is 1.85 bits per heavy atom. The van der Waals surface area contributed by atoms with Crippen LogP contribution in [0.15, 0.2) is 53.4 Å². The highest BCUT2D eigenvalue weighted by Crippen LogP contribution is 2.23. The molecule has 0 aromatic heterocycles. The molecule has 2 aromatic rings. The van der Waals surface area contributed by atoms with E-state index in [1.165, 1.54) is 19.2 Å². The van der Waals surface area contributed by atoms with Gasteiger partial charge in [-0.05, 0) is 30.3 Å². The van der Waals surface area contributed by atoms with Crippen molar-refractivity contribution in [3.63, 3.8) is 0 Å². The summed E-state index contributed by atoms with van der Waals surface area (Å²) in [7, 11) is -2.11. The van der Waals surface area contributed by atoms with E-state index in [0.717, 1.165) is 0 Å². The number of hydrogen-bond donors (Lipinski definition) is 2. The van der Waals surface area contributed by atoms with Gasteiger partial charge in [-0.1, -0.05) is 18.2 Å². The van der Waals surface area contributed by atoms with Gasteiger partial charge in [0, 0.05) is 17.8 Å². The molecule has 0 atom stereocenters. The third-order valence-electron chi connectivity index (χ3n) is 2.81. The fourth-order valence-electron chi connectivity index (χ4n) is 1.80. The molecular formula is C14H16N2O3S. The molecule has 6 heteroatoms. The van der Waals surface area contributed by atoms with Gasteiger partial charge in [0.25, 0.3) is 10.0 Å². The number of rotatable bonds is 5. The second-order valence-electron chi connectivity index (χ2n) is 4.15. The van der Waals surface area contributed by atoms with Crippen molar-refractivity contribution < 1.29 is 13.2 Å². The zero-order valence-corrected chi connectivity index (χ0v) is 11.9. The normalized spacial score (nSPS) is 11.1. The van der Waals surface area contributed by atoms with Crippen molar-refractivity contribution in [3.05, 3.63) is 54.1 Å². The van der Waals surface area contributed by atoms with Crippen molar-refractivity contribution in [2.24, 2.45) is 5.73 Å². The van der Waals surface area contributed by atoms with Crippen LogP contribution in [-0.4, -0.2) is 15.5 Å². The summed E-state index contributed by atoms with van der Waals surface area (Å²) in [6.45, 7) is 0.206. The average Bonchev–Trinajstić information content (AvgIpc) is 2.47. The van der Waals surface area contributed by atoms with Gasteiger partial charge in [-0.25, -0.2) is 8.42 Å². The monoisotopic (exact) mass is 292 g/mol. The molecule has 5 nitrogen and oxygen atoms in total. The number of methoxy groups -OCH3 is 1. The molecule has 0 saturated carbocycles. The smallest absolute Gasteiger partial charge is 0.261 e. The highest BCUT2D eigenvalue weighted by atomic mass is 32.2. The van der Waals surface area contributed by atoms with E-state index in [4.69, 9.17) is 10.5 Å². The Morgan fingerprint density at radius 3 is 2.45 bits per heavy atom. The molecule has 0 amide bonds. The van der Waals surface area contributed by atoms with Gasteiger partial charge in [0.15, 0.2) is 0 Å². The van der Waals surface area contributed by atoms with Gasteiger partial charge < -0.3 is 10.5 Å². The third-order valence-corrected chi connectivity index (χ3v) is 4.19. The summed E-state index contributed by atoms with van der Waals surface area (Å²) in [5.74, 6) is 0.575. The largest absolute Gasteiger partial charge is 0.496 e. The van der Waals surface area contributed by atoms with E-state index in [0.29, 0.717) is 17.0 Å². The summed E-state index contributed by atoms with van der Waals surface area (Å²) >= 11 is 0. The summed E-state index contributed by atoms with van der Waals surface area (Å²) in [4.78, 5) is 0.155. The summed E-state index contributed by atoms with van der Waals surface area (Å²) in [5.41, 5.74) is 6.75. The van der Waals surface area contributed by atoms with Crippen LogP contribution in [0.5, 0.6) is 5.75 Å². The number of hydrogen-bond acceptors (Lipinski definition) is 4. The fourth-order valence-corrected chi connectivity index (χ4v) is 2.91. The lowest BCUT2D eigenvalue weighted by atomic mass is 10.2. The van der Waals surface area contributed by atoms with Crippen LogP contribution in [0.1, 0.15) is 5.56 Å². The van der Waals surface area contributed by atoms with Gasteiger partial charge in [-0.15, -0.1) is 0 Å². The van der Waals surface area contributed by atoms with Crippen LogP contribution < -0.4 is 15.2 Å². The van der Waals surface area contributed by atoms with Crippen molar-refractivity contribution in [3.8, 4) is 5.75 Å². The van der Waals surface area contributed by atoms with Gasteiger partial charge in [0.1, 0.15) is 5.75 Å². The van der Waals surface area contributed by atoms with Gasteiger partial charge in [0.2, 0.25) is 0 Å². The highest BCUT2D eigenvalue weighted by molar-refractivity contribution is 7.92. The molecule has 3 N–H and O–H groups in total. The van der Waals surface area contributed by atoms with Crippen LogP contribution in [0.25, 0.3) is 0 Å². The molecule has 0 spiro atoms. The van der Waals surface area contributed by atoms with E-state index in [1.807, 2.05) is 6.07 Å². The summed E-state index contributed by atoms with van der Waals surface area (Å²) in [6.07, 6.45) is 0. The quantitative estimate of drug-likeness (QED) is 0.882. The Bertz CT molecular complexity index is 685. The van der Waals surface area contributed by atoms with Crippen molar-refractivity contribution in [1.29, 1.82) is 0 Å². The fraction of sp³-hybridized carbons (Fsp3) is 0.143. The van der Waals surface area contributed by atoms with Crippen LogP contribution in [0, 0.1) is 0 Å². The van der Waals surface area contributed by atoms with Gasteiger partial charge >= 0.3 is 0 Å². The van der Waals surface area contributed by atoms with E-state index < -0.39 is 10.0 Å². The molecule has 2 aromatic carbocycles. The second kappa shape index (κ2) is 5.94. The van der Waals surface area contributed by atoms with E-state index in [1.54, 1.807) is 30.3 Å². The lowest BCUT2D eigenvalue weighted by Gasteiger charge is -2.11. The molecule has 0 saturated heterocycles. The zero-order valence-electron chi connectivity index (χ0n) is 11.0. The van der Waals surface area contributed by atoms with E-state index in [-0.39, 0.29) is 11.4 Å². The Kier molecular flexibility index (Phi) is 4.26. The summed E-state index contributed by atoms with van der Waals surface area (Å²) < 4.78 is 32.2. The first-order valence-electron chi connectivity index (χ1n) is 6.01. The first-order valence-corrected chi connectivity index (χ1v) is 7.50. The molecule has 0 bridgehead atoms. The van der Waals surface area contributed by atoms with E-state index in [9.17, 15) is 8.42 Å². The zero-order chi connectivity index (χ0) is 14.6. The van der Waals surface area contributed by atoms with E-state index >= 15 is 0 Å². The molecule has 106 valence electrons. The van der Waals surface area contributed by atoms with Crippen molar-refractivity contribution in [1.82, 2.24) is 0 Å². The maximum absolute atomic E-state index is 12.3.